The molecule has 61 heavy (non-hydrogen) atoms. The summed E-state index contributed by atoms with van der Waals surface area (Å²) in [7, 11) is 0. The highest BCUT2D eigenvalue weighted by Gasteiger charge is 2.20. The molecule has 3 heteroatoms. The van der Waals surface area contributed by atoms with Gasteiger partial charge in [0, 0.05) is 33.0 Å². The maximum Gasteiger partial charge on any atom is 0.161 e. The summed E-state index contributed by atoms with van der Waals surface area (Å²) in [5.74, 6) is 0.686. The van der Waals surface area contributed by atoms with E-state index in [4.69, 9.17) is 9.97 Å². The topological polar surface area (TPSA) is 30.7 Å². The van der Waals surface area contributed by atoms with E-state index in [1.807, 2.05) is 0 Å². The maximum atomic E-state index is 5.60. The molecule has 10 aromatic carbocycles. The van der Waals surface area contributed by atoms with Gasteiger partial charge in [0.2, 0.25) is 0 Å². The fraction of sp³-hybridized carbons (Fsp3) is 0. The van der Waals surface area contributed by atoms with Crippen molar-refractivity contribution >= 4 is 54.3 Å². The Morgan fingerprint density at radius 2 is 0.836 bits per heavy atom. The molecular formula is C58H37N3. The minimum absolute atomic E-state index is 0.686. The predicted molar refractivity (Wildman–Crippen MR) is 256 cm³/mol. The van der Waals surface area contributed by atoms with E-state index in [0.717, 1.165) is 77.5 Å². The SMILES string of the molecule is c1ccc(-c2ccc(-c3nc(-c4cc(-n5c6ccccc6c6cc7ccccc7cc65)cc5ccccc45)nc4cc(-c5ccccc5)c(-c5ccccc5)cc34)cc2)cc1. The third-order valence-electron chi connectivity index (χ3n) is 12.2. The maximum absolute atomic E-state index is 5.60. The Morgan fingerprint density at radius 3 is 1.54 bits per heavy atom. The van der Waals surface area contributed by atoms with Gasteiger partial charge in [-0.1, -0.05) is 182 Å². The van der Waals surface area contributed by atoms with Crippen LogP contribution in [0.4, 0.5) is 0 Å². The van der Waals surface area contributed by atoms with Crippen LogP contribution in [0.3, 0.4) is 0 Å². The van der Waals surface area contributed by atoms with E-state index in [-0.39, 0.29) is 0 Å². The minimum atomic E-state index is 0.686. The lowest BCUT2D eigenvalue weighted by molar-refractivity contribution is 1.18. The summed E-state index contributed by atoms with van der Waals surface area (Å²) in [6.07, 6.45) is 0. The van der Waals surface area contributed by atoms with Crippen LogP contribution >= 0.6 is 0 Å². The minimum Gasteiger partial charge on any atom is -0.309 e. The van der Waals surface area contributed by atoms with Crippen molar-refractivity contribution in [1.82, 2.24) is 14.5 Å². The summed E-state index contributed by atoms with van der Waals surface area (Å²) in [5.41, 5.74) is 14.1. The molecule has 0 aliphatic carbocycles. The summed E-state index contributed by atoms with van der Waals surface area (Å²) in [4.78, 5) is 11.1. The number of rotatable bonds is 6. The summed E-state index contributed by atoms with van der Waals surface area (Å²) < 4.78 is 2.41. The average Bonchev–Trinajstić information content (AvgIpc) is 3.66. The third kappa shape index (κ3) is 5.98. The second-order valence-corrected chi connectivity index (χ2v) is 15.8. The molecule has 2 heterocycles. The third-order valence-corrected chi connectivity index (χ3v) is 12.2. The van der Waals surface area contributed by atoms with Gasteiger partial charge >= 0.3 is 0 Å². The average molecular weight is 776 g/mol. The summed E-state index contributed by atoms with van der Waals surface area (Å²) >= 11 is 0. The lowest BCUT2D eigenvalue weighted by Gasteiger charge is -2.17. The highest BCUT2D eigenvalue weighted by Crippen LogP contribution is 2.42. The van der Waals surface area contributed by atoms with Crippen molar-refractivity contribution in [3.05, 3.63) is 224 Å². The molecule has 12 aromatic rings. The zero-order valence-electron chi connectivity index (χ0n) is 33.2. The summed E-state index contributed by atoms with van der Waals surface area (Å²) in [6, 6.07) is 80.5. The largest absolute Gasteiger partial charge is 0.309 e. The molecule has 12 rings (SSSR count). The highest BCUT2D eigenvalue weighted by molar-refractivity contribution is 6.14. The molecule has 0 radical (unpaired) electrons. The number of hydrogen-bond donors (Lipinski definition) is 0. The van der Waals surface area contributed by atoms with Crippen LogP contribution in [0.2, 0.25) is 0 Å². The van der Waals surface area contributed by atoms with E-state index in [9.17, 15) is 0 Å². The van der Waals surface area contributed by atoms with Crippen molar-refractivity contribution in [1.29, 1.82) is 0 Å². The summed E-state index contributed by atoms with van der Waals surface area (Å²) in [5, 5.41) is 8.14. The molecule has 0 saturated heterocycles. The predicted octanol–water partition coefficient (Wildman–Crippen LogP) is 15.4. The van der Waals surface area contributed by atoms with E-state index in [1.54, 1.807) is 0 Å². The van der Waals surface area contributed by atoms with E-state index >= 15 is 0 Å². The monoisotopic (exact) mass is 775 g/mol. The van der Waals surface area contributed by atoms with Crippen LogP contribution in [0, 0.1) is 0 Å². The van der Waals surface area contributed by atoms with Crippen molar-refractivity contribution in [3.8, 4) is 61.7 Å². The molecular weight excluding hydrogens is 739 g/mol. The normalized spacial score (nSPS) is 11.6. The van der Waals surface area contributed by atoms with Crippen molar-refractivity contribution < 1.29 is 0 Å². The highest BCUT2D eigenvalue weighted by atomic mass is 15.0. The Labute approximate surface area is 353 Å². The molecule has 2 aromatic heterocycles. The van der Waals surface area contributed by atoms with Gasteiger partial charge in [0.05, 0.1) is 22.2 Å². The number of para-hydroxylation sites is 1. The van der Waals surface area contributed by atoms with Gasteiger partial charge in [-0.3, -0.25) is 0 Å². The van der Waals surface area contributed by atoms with Gasteiger partial charge in [-0.05, 0) is 97.4 Å². The first-order valence-electron chi connectivity index (χ1n) is 20.8. The number of aromatic nitrogens is 3. The molecule has 3 nitrogen and oxygen atoms in total. The van der Waals surface area contributed by atoms with Crippen LogP contribution in [0.25, 0.3) is 116 Å². The first kappa shape index (κ1) is 34.9. The van der Waals surface area contributed by atoms with Crippen molar-refractivity contribution in [3.63, 3.8) is 0 Å². The molecule has 0 N–H and O–H groups in total. The molecule has 0 unspecified atom stereocenters. The fourth-order valence-electron chi connectivity index (χ4n) is 9.22. The molecule has 0 aliphatic heterocycles. The Kier molecular flexibility index (Phi) is 8.17. The van der Waals surface area contributed by atoms with Crippen LogP contribution in [-0.4, -0.2) is 14.5 Å². The van der Waals surface area contributed by atoms with Crippen LogP contribution in [0.5, 0.6) is 0 Å². The van der Waals surface area contributed by atoms with Crippen molar-refractivity contribution in [2.75, 3.05) is 0 Å². The Morgan fingerprint density at radius 1 is 0.295 bits per heavy atom. The zero-order valence-corrected chi connectivity index (χ0v) is 33.2. The molecule has 0 atom stereocenters. The Bertz CT molecular complexity index is 3610. The molecule has 0 saturated carbocycles. The number of nitrogens with zero attached hydrogens (tertiary/aromatic N) is 3. The second-order valence-electron chi connectivity index (χ2n) is 15.8. The van der Waals surface area contributed by atoms with Crippen LogP contribution in [-0.2, 0) is 0 Å². The number of hydrogen-bond acceptors (Lipinski definition) is 2. The first-order valence-corrected chi connectivity index (χ1v) is 20.8. The molecule has 0 amide bonds. The lowest BCUT2D eigenvalue weighted by atomic mass is 9.91. The van der Waals surface area contributed by atoms with Gasteiger partial charge in [0.1, 0.15) is 0 Å². The molecule has 0 fully saturated rings. The van der Waals surface area contributed by atoms with Gasteiger partial charge in [-0.15, -0.1) is 0 Å². The first-order chi connectivity index (χ1) is 30.2. The van der Waals surface area contributed by atoms with Gasteiger partial charge in [-0.25, -0.2) is 9.97 Å². The smallest absolute Gasteiger partial charge is 0.161 e. The molecule has 0 bridgehead atoms. The lowest BCUT2D eigenvalue weighted by Crippen LogP contribution is -2.00. The Hall–Kier alpha value is -8.14. The van der Waals surface area contributed by atoms with E-state index in [1.165, 1.54) is 32.6 Å². The Balaban J connectivity index is 1.15. The zero-order chi connectivity index (χ0) is 40.3. The van der Waals surface area contributed by atoms with Gasteiger partial charge in [0.25, 0.3) is 0 Å². The second kappa shape index (κ2) is 14.3. The summed E-state index contributed by atoms with van der Waals surface area (Å²) in [6.45, 7) is 0. The van der Waals surface area contributed by atoms with Crippen molar-refractivity contribution in [2.45, 2.75) is 0 Å². The van der Waals surface area contributed by atoms with Gasteiger partial charge < -0.3 is 4.57 Å². The van der Waals surface area contributed by atoms with Crippen LogP contribution in [0.1, 0.15) is 0 Å². The number of benzene rings is 10. The van der Waals surface area contributed by atoms with E-state index in [2.05, 4.69) is 229 Å². The quantitative estimate of drug-likeness (QED) is 0.168. The van der Waals surface area contributed by atoms with Gasteiger partial charge in [-0.2, -0.15) is 0 Å². The number of fused-ring (bicyclic) bond motifs is 6. The molecule has 0 aliphatic rings. The van der Waals surface area contributed by atoms with E-state index < -0.39 is 0 Å². The van der Waals surface area contributed by atoms with Gasteiger partial charge in [0.15, 0.2) is 5.82 Å². The standard InChI is InChI=1S/C58H37N3/c1-4-16-38(17-5-1)39-28-30-42(31-29-39)57-53-36-49(40-18-6-2-7-19-40)50(41-20-8-3-9-21-41)37-54(53)59-58(60-57)52-35-46(32-45-24-12-13-25-47(45)52)61-55-27-15-14-26-48(55)51-33-43-22-10-11-23-44(43)34-56(51)61/h1-37H. The van der Waals surface area contributed by atoms with Crippen molar-refractivity contribution in [2.24, 2.45) is 0 Å². The molecule has 284 valence electrons. The van der Waals surface area contributed by atoms with Crippen LogP contribution in [0.15, 0.2) is 224 Å². The van der Waals surface area contributed by atoms with E-state index in [0.29, 0.717) is 5.82 Å². The molecule has 0 spiro atoms. The fourth-order valence-corrected chi connectivity index (χ4v) is 9.22. The van der Waals surface area contributed by atoms with Crippen LogP contribution < -0.4 is 0 Å².